The Morgan fingerprint density at radius 1 is 1.59 bits per heavy atom. The molecule has 0 aromatic rings. The first-order valence-corrected chi connectivity index (χ1v) is 5.74. The number of carbonyl (C=O) groups is 2. The van der Waals surface area contributed by atoms with Gasteiger partial charge in [-0.15, -0.1) is 0 Å². The summed E-state index contributed by atoms with van der Waals surface area (Å²) >= 11 is 0. The molecule has 0 bridgehead atoms. The van der Waals surface area contributed by atoms with Crippen LogP contribution in [-0.2, 0) is 9.53 Å². The Labute approximate surface area is 99.3 Å². The van der Waals surface area contributed by atoms with Gasteiger partial charge in [0.05, 0.1) is 12.6 Å². The Bertz CT molecular complexity index is 310. The minimum atomic E-state index is -0.987. The van der Waals surface area contributed by atoms with E-state index in [-0.39, 0.29) is 25.3 Å². The molecular formula is C10H17N3O4. The minimum Gasteiger partial charge on any atom is -0.480 e. The molecule has 2 N–H and O–H groups in total. The van der Waals surface area contributed by atoms with Crippen molar-refractivity contribution in [1.29, 1.82) is 0 Å². The van der Waals surface area contributed by atoms with Crippen molar-refractivity contribution in [2.24, 2.45) is 0 Å². The SMILES string of the molecule is O=C(O)COCCN1C[C@H]2CNCCN2C1=O. The summed E-state index contributed by atoms with van der Waals surface area (Å²) in [5.41, 5.74) is 0. The van der Waals surface area contributed by atoms with Gasteiger partial charge in [0.25, 0.3) is 0 Å². The van der Waals surface area contributed by atoms with E-state index in [1.807, 2.05) is 4.90 Å². The Kier molecular flexibility index (Phi) is 3.80. The minimum absolute atomic E-state index is 0.0374. The van der Waals surface area contributed by atoms with Crippen LogP contribution in [0.15, 0.2) is 0 Å². The van der Waals surface area contributed by atoms with Crippen molar-refractivity contribution in [2.45, 2.75) is 6.04 Å². The lowest BCUT2D eigenvalue weighted by molar-refractivity contribution is -0.142. The number of hydrogen-bond acceptors (Lipinski definition) is 4. The maximum atomic E-state index is 11.9. The summed E-state index contributed by atoms with van der Waals surface area (Å²) in [5.74, 6) is -0.987. The van der Waals surface area contributed by atoms with Gasteiger partial charge in [-0.25, -0.2) is 9.59 Å². The molecule has 2 heterocycles. The molecule has 0 unspecified atom stereocenters. The van der Waals surface area contributed by atoms with Crippen molar-refractivity contribution in [3.63, 3.8) is 0 Å². The summed E-state index contributed by atoms with van der Waals surface area (Å²) in [6.45, 7) is 3.53. The van der Waals surface area contributed by atoms with Crippen molar-refractivity contribution in [3.8, 4) is 0 Å². The summed E-state index contributed by atoms with van der Waals surface area (Å²) in [5, 5.41) is 11.7. The Morgan fingerprint density at radius 2 is 2.41 bits per heavy atom. The summed E-state index contributed by atoms with van der Waals surface area (Å²) in [7, 11) is 0. The molecule has 2 saturated heterocycles. The van der Waals surface area contributed by atoms with E-state index >= 15 is 0 Å². The third kappa shape index (κ3) is 2.86. The number of nitrogens with zero attached hydrogens (tertiary/aromatic N) is 2. The van der Waals surface area contributed by atoms with Crippen molar-refractivity contribution < 1.29 is 19.4 Å². The number of hydrogen-bond donors (Lipinski definition) is 2. The second-order valence-electron chi connectivity index (χ2n) is 4.23. The molecule has 7 nitrogen and oxygen atoms in total. The van der Waals surface area contributed by atoms with Gasteiger partial charge in [0.2, 0.25) is 0 Å². The monoisotopic (exact) mass is 243 g/mol. The molecule has 1 atom stereocenters. The highest BCUT2D eigenvalue weighted by atomic mass is 16.5. The second-order valence-corrected chi connectivity index (χ2v) is 4.23. The van der Waals surface area contributed by atoms with Gasteiger partial charge in [0.1, 0.15) is 6.61 Å². The summed E-state index contributed by atoms with van der Waals surface area (Å²) in [4.78, 5) is 25.8. The van der Waals surface area contributed by atoms with Crippen LogP contribution in [0.3, 0.4) is 0 Å². The number of carboxylic acids is 1. The zero-order valence-electron chi connectivity index (χ0n) is 9.59. The maximum absolute atomic E-state index is 11.9. The van der Waals surface area contributed by atoms with Gasteiger partial charge in [0, 0.05) is 32.7 Å². The standard InChI is InChI=1S/C10H17N3O4/c14-9(15)7-17-4-3-12-6-8-5-11-1-2-13(8)10(12)16/h8,11H,1-7H2,(H,14,15)/t8-/m1/s1. The average Bonchev–Trinajstić information content (AvgIpc) is 2.63. The van der Waals surface area contributed by atoms with Crippen molar-refractivity contribution in [3.05, 3.63) is 0 Å². The van der Waals surface area contributed by atoms with E-state index < -0.39 is 5.97 Å². The molecule has 0 spiro atoms. The molecule has 7 heteroatoms. The highest BCUT2D eigenvalue weighted by Gasteiger charge is 2.37. The quantitative estimate of drug-likeness (QED) is 0.593. The van der Waals surface area contributed by atoms with Crippen LogP contribution < -0.4 is 5.32 Å². The van der Waals surface area contributed by atoms with Crippen LogP contribution in [0, 0.1) is 0 Å². The first kappa shape index (κ1) is 12.1. The van der Waals surface area contributed by atoms with E-state index in [9.17, 15) is 9.59 Å². The Morgan fingerprint density at radius 3 is 3.12 bits per heavy atom. The van der Waals surface area contributed by atoms with Crippen LogP contribution in [0.25, 0.3) is 0 Å². The number of carboxylic acid groups (broad SMARTS) is 1. The molecule has 17 heavy (non-hydrogen) atoms. The molecule has 0 aromatic heterocycles. The molecule has 0 aromatic carbocycles. The van der Waals surface area contributed by atoms with E-state index in [2.05, 4.69) is 5.32 Å². The third-order valence-corrected chi connectivity index (χ3v) is 3.03. The van der Waals surface area contributed by atoms with E-state index in [0.29, 0.717) is 13.1 Å². The number of aliphatic carboxylic acids is 1. The van der Waals surface area contributed by atoms with Gasteiger partial charge in [0.15, 0.2) is 0 Å². The molecule has 2 rings (SSSR count). The molecule has 0 aliphatic carbocycles. The Balaban J connectivity index is 1.74. The van der Waals surface area contributed by atoms with Gasteiger partial charge in [-0.05, 0) is 0 Å². The number of rotatable bonds is 5. The van der Waals surface area contributed by atoms with Crippen LogP contribution in [0.2, 0.25) is 0 Å². The fraction of sp³-hybridized carbons (Fsp3) is 0.800. The smallest absolute Gasteiger partial charge is 0.329 e. The predicted octanol–water partition coefficient (Wildman–Crippen LogP) is -1.20. The van der Waals surface area contributed by atoms with Gasteiger partial charge < -0.3 is 25.0 Å². The van der Waals surface area contributed by atoms with E-state index in [0.717, 1.165) is 19.6 Å². The van der Waals surface area contributed by atoms with Crippen LogP contribution in [0.1, 0.15) is 0 Å². The Hall–Kier alpha value is -1.34. The van der Waals surface area contributed by atoms with Crippen LogP contribution in [0.4, 0.5) is 4.79 Å². The molecule has 0 radical (unpaired) electrons. The largest absolute Gasteiger partial charge is 0.480 e. The van der Waals surface area contributed by atoms with Gasteiger partial charge in [-0.1, -0.05) is 0 Å². The normalized spacial score (nSPS) is 24.0. The summed E-state index contributed by atoms with van der Waals surface area (Å²) < 4.78 is 4.93. The molecule has 2 amide bonds. The van der Waals surface area contributed by atoms with Crippen LogP contribution in [-0.4, -0.2) is 78.9 Å². The van der Waals surface area contributed by atoms with Crippen molar-refractivity contribution in [2.75, 3.05) is 45.9 Å². The fourth-order valence-corrected chi connectivity index (χ4v) is 2.21. The molecular weight excluding hydrogens is 226 g/mol. The lowest BCUT2D eigenvalue weighted by Crippen LogP contribution is -2.49. The number of ether oxygens (including phenoxy) is 1. The van der Waals surface area contributed by atoms with Gasteiger partial charge in [-0.2, -0.15) is 0 Å². The van der Waals surface area contributed by atoms with E-state index in [1.54, 1.807) is 4.90 Å². The van der Waals surface area contributed by atoms with Crippen molar-refractivity contribution >= 4 is 12.0 Å². The topological polar surface area (TPSA) is 82.1 Å². The highest BCUT2D eigenvalue weighted by Crippen LogP contribution is 2.16. The zero-order chi connectivity index (χ0) is 12.3. The molecule has 2 aliphatic heterocycles. The van der Waals surface area contributed by atoms with E-state index in [4.69, 9.17) is 9.84 Å². The number of amides is 2. The van der Waals surface area contributed by atoms with Gasteiger partial charge >= 0.3 is 12.0 Å². The number of carbonyl (C=O) groups excluding carboxylic acids is 1. The second kappa shape index (κ2) is 5.33. The average molecular weight is 243 g/mol. The molecule has 2 aliphatic rings. The molecule has 0 saturated carbocycles. The first-order valence-electron chi connectivity index (χ1n) is 5.74. The number of urea groups is 1. The van der Waals surface area contributed by atoms with Gasteiger partial charge in [-0.3, -0.25) is 0 Å². The highest BCUT2D eigenvalue weighted by molar-refractivity contribution is 5.77. The van der Waals surface area contributed by atoms with Crippen LogP contribution >= 0.6 is 0 Å². The fourth-order valence-electron chi connectivity index (χ4n) is 2.21. The number of piperazine rings is 1. The lowest BCUT2D eigenvalue weighted by atomic mass is 10.2. The zero-order valence-corrected chi connectivity index (χ0v) is 9.59. The molecule has 96 valence electrons. The molecule has 2 fully saturated rings. The number of fused-ring (bicyclic) bond motifs is 1. The number of nitrogens with one attached hydrogen (secondary N) is 1. The summed E-state index contributed by atoms with van der Waals surface area (Å²) in [6, 6.07) is 0.283. The third-order valence-electron chi connectivity index (χ3n) is 3.03. The van der Waals surface area contributed by atoms with Crippen LogP contribution in [0.5, 0.6) is 0 Å². The predicted molar refractivity (Wildman–Crippen MR) is 58.8 cm³/mol. The lowest BCUT2D eigenvalue weighted by Gasteiger charge is -2.28. The van der Waals surface area contributed by atoms with E-state index in [1.165, 1.54) is 0 Å². The first-order chi connectivity index (χ1) is 8.18. The summed E-state index contributed by atoms with van der Waals surface area (Å²) in [6.07, 6.45) is 0. The van der Waals surface area contributed by atoms with Crippen molar-refractivity contribution in [1.82, 2.24) is 15.1 Å². The maximum Gasteiger partial charge on any atom is 0.329 e.